The molecule has 0 aromatic carbocycles. The quantitative estimate of drug-likeness (QED) is 0.564. The second-order valence-electron chi connectivity index (χ2n) is 5.30. The van der Waals surface area contributed by atoms with Crippen molar-refractivity contribution >= 4 is 0 Å². The number of methoxy groups -OCH3 is 1. The molecule has 0 radical (unpaired) electrons. The van der Waals surface area contributed by atoms with Crippen LogP contribution in [0.4, 0.5) is 0 Å². The first-order valence-corrected chi connectivity index (χ1v) is 6.66. The number of hydrogen-bond donors (Lipinski definition) is 2. The van der Waals surface area contributed by atoms with E-state index in [4.69, 9.17) is 10.6 Å². The van der Waals surface area contributed by atoms with Crippen LogP contribution in [0.5, 0.6) is 0 Å². The molecular weight excluding hydrogens is 228 g/mol. The summed E-state index contributed by atoms with van der Waals surface area (Å²) in [5.41, 5.74) is 2.99. The minimum absolute atomic E-state index is 0.0681. The molecule has 0 saturated heterocycles. The largest absolute Gasteiger partial charge is 0.378 e. The molecule has 0 spiro atoms. The lowest BCUT2D eigenvalue weighted by atomic mass is 9.75. The molecule has 1 heterocycles. The molecule has 1 aliphatic carbocycles. The minimum Gasteiger partial charge on any atom is -0.378 e. The average molecular weight is 252 g/mol. The Balaban J connectivity index is 1.84. The second kappa shape index (κ2) is 5.82. The molecule has 2 rings (SSSR count). The van der Waals surface area contributed by atoms with Gasteiger partial charge < -0.3 is 9.30 Å². The molecule has 1 unspecified atom stereocenters. The third-order valence-electron chi connectivity index (χ3n) is 4.19. The van der Waals surface area contributed by atoms with Crippen LogP contribution < -0.4 is 11.3 Å². The van der Waals surface area contributed by atoms with Gasteiger partial charge in [0.2, 0.25) is 0 Å². The van der Waals surface area contributed by atoms with Crippen molar-refractivity contribution in [1.82, 2.24) is 15.0 Å². The fourth-order valence-corrected chi connectivity index (χ4v) is 2.70. The zero-order valence-corrected chi connectivity index (χ0v) is 11.4. The third-order valence-corrected chi connectivity index (χ3v) is 4.19. The molecule has 0 aliphatic heterocycles. The van der Waals surface area contributed by atoms with E-state index >= 15 is 0 Å². The van der Waals surface area contributed by atoms with Gasteiger partial charge in [-0.05, 0) is 32.1 Å². The molecule has 1 aromatic heterocycles. The van der Waals surface area contributed by atoms with E-state index in [1.807, 2.05) is 26.6 Å². The van der Waals surface area contributed by atoms with E-state index in [1.165, 1.54) is 6.42 Å². The normalized spacial score (nSPS) is 19.5. The summed E-state index contributed by atoms with van der Waals surface area (Å²) < 4.78 is 7.71. The van der Waals surface area contributed by atoms with Crippen LogP contribution in [-0.2, 0) is 18.2 Å². The van der Waals surface area contributed by atoms with Gasteiger partial charge in [-0.15, -0.1) is 0 Å². The predicted octanol–water partition coefficient (Wildman–Crippen LogP) is 1.14. The van der Waals surface area contributed by atoms with Gasteiger partial charge in [0.15, 0.2) is 0 Å². The Morgan fingerprint density at radius 2 is 2.39 bits per heavy atom. The topological polar surface area (TPSA) is 65.1 Å². The molecule has 1 saturated carbocycles. The van der Waals surface area contributed by atoms with Crippen molar-refractivity contribution in [2.24, 2.45) is 12.9 Å². The lowest BCUT2D eigenvalue weighted by molar-refractivity contribution is -0.0839. The molecule has 1 atom stereocenters. The predicted molar refractivity (Wildman–Crippen MR) is 70.8 cm³/mol. The van der Waals surface area contributed by atoms with Crippen LogP contribution in [0, 0.1) is 0 Å². The van der Waals surface area contributed by atoms with E-state index in [1.54, 1.807) is 0 Å². The number of nitrogens with zero attached hydrogens (tertiary/aromatic N) is 2. The Kier molecular flexibility index (Phi) is 4.37. The Morgan fingerprint density at radius 3 is 2.83 bits per heavy atom. The zero-order chi connectivity index (χ0) is 13.0. The van der Waals surface area contributed by atoms with Gasteiger partial charge in [-0.1, -0.05) is 0 Å². The number of ether oxygens (including phenoxy) is 1. The number of nitrogens with two attached hydrogens (primary N) is 1. The molecule has 102 valence electrons. The summed E-state index contributed by atoms with van der Waals surface area (Å²) in [4.78, 5) is 4.34. The van der Waals surface area contributed by atoms with Gasteiger partial charge in [0.05, 0.1) is 5.60 Å². The van der Waals surface area contributed by atoms with E-state index in [0.717, 1.165) is 37.9 Å². The van der Waals surface area contributed by atoms with Crippen LogP contribution in [0.2, 0.25) is 0 Å². The van der Waals surface area contributed by atoms with Gasteiger partial charge in [-0.3, -0.25) is 11.3 Å². The Labute approximate surface area is 109 Å². The lowest BCUT2D eigenvalue weighted by Crippen LogP contribution is -2.47. The number of hydrazine groups is 1. The van der Waals surface area contributed by atoms with Crippen LogP contribution in [0.3, 0.4) is 0 Å². The molecule has 3 N–H and O–H groups in total. The summed E-state index contributed by atoms with van der Waals surface area (Å²) in [5.74, 6) is 6.76. The van der Waals surface area contributed by atoms with E-state index in [2.05, 4.69) is 15.0 Å². The van der Waals surface area contributed by atoms with Crippen LogP contribution >= 0.6 is 0 Å². The SMILES string of the molecule is COC1(CC(CCc2nccn2C)NN)CCC1. The number of aromatic nitrogens is 2. The maximum Gasteiger partial charge on any atom is 0.108 e. The second-order valence-corrected chi connectivity index (χ2v) is 5.30. The van der Waals surface area contributed by atoms with Crippen molar-refractivity contribution < 1.29 is 4.74 Å². The summed E-state index contributed by atoms with van der Waals surface area (Å²) in [6, 6.07) is 0.293. The highest BCUT2D eigenvalue weighted by atomic mass is 16.5. The minimum atomic E-state index is 0.0681. The summed E-state index contributed by atoms with van der Waals surface area (Å²) in [5, 5.41) is 0. The van der Waals surface area contributed by atoms with Crippen molar-refractivity contribution in [1.29, 1.82) is 0 Å². The third kappa shape index (κ3) is 2.91. The molecule has 0 amide bonds. The fraction of sp³-hybridized carbons (Fsp3) is 0.769. The Morgan fingerprint density at radius 1 is 1.61 bits per heavy atom. The van der Waals surface area contributed by atoms with Crippen LogP contribution in [-0.4, -0.2) is 28.3 Å². The average Bonchev–Trinajstić information content (AvgIpc) is 2.74. The van der Waals surface area contributed by atoms with Gasteiger partial charge >= 0.3 is 0 Å². The maximum absolute atomic E-state index is 5.66. The monoisotopic (exact) mass is 252 g/mol. The molecular formula is C13H24N4O. The van der Waals surface area contributed by atoms with Crippen molar-refractivity contribution in [3.05, 3.63) is 18.2 Å². The number of hydrogen-bond acceptors (Lipinski definition) is 4. The molecule has 5 heteroatoms. The maximum atomic E-state index is 5.66. The summed E-state index contributed by atoms with van der Waals surface area (Å²) in [6.07, 6.45) is 10.3. The number of rotatable bonds is 7. The van der Waals surface area contributed by atoms with Crippen molar-refractivity contribution in [2.45, 2.75) is 50.2 Å². The van der Waals surface area contributed by atoms with E-state index in [-0.39, 0.29) is 5.60 Å². The first-order chi connectivity index (χ1) is 8.69. The molecule has 0 bridgehead atoms. The van der Waals surface area contributed by atoms with Crippen LogP contribution in [0.25, 0.3) is 0 Å². The first kappa shape index (κ1) is 13.5. The van der Waals surface area contributed by atoms with Gasteiger partial charge in [0, 0.05) is 39.0 Å². The molecule has 1 aliphatic rings. The summed E-state index contributed by atoms with van der Waals surface area (Å²) >= 11 is 0. The highest BCUT2D eigenvalue weighted by Gasteiger charge is 2.38. The van der Waals surface area contributed by atoms with E-state index in [9.17, 15) is 0 Å². The van der Waals surface area contributed by atoms with Crippen LogP contribution in [0.15, 0.2) is 12.4 Å². The van der Waals surface area contributed by atoms with E-state index in [0.29, 0.717) is 6.04 Å². The standard InChI is InChI=1S/C13H24N4O/c1-17-9-8-15-12(17)5-4-11(16-14)10-13(18-2)6-3-7-13/h8-9,11,16H,3-7,10,14H2,1-2H3. The summed E-state index contributed by atoms with van der Waals surface area (Å²) in [7, 11) is 3.83. The first-order valence-electron chi connectivity index (χ1n) is 6.66. The number of aryl methyl sites for hydroxylation is 2. The number of nitrogens with one attached hydrogen (secondary N) is 1. The number of imidazole rings is 1. The lowest BCUT2D eigenvalue weighted by Gasteiger charge is -2.42. The van der Waals surface area contributed by atoms with Gasteiger partial charge in [0.25, 0.3) is 0 Å². The Hall–Kier alpha value is -0.910. The van der Waals surface area contributed by atoms with Gasteiger partial charge in [0.1, 0.15) is 5.82 Å². The highest BCUT2D eigenvalue weighted by Crippen LogP contribution is 2.39. The van der Waals surface area contributed by atoms with Crippen molar-refractivity contribution in [3.63, 3.8) is 0 Å². The van der Waals surface area contributed by atoms with E-state index < -0.39 is 0 Å². The van der Waals surface area contributed by atoms with Gasteiger partial charge in [-0.2, -0.15) is 0 Å². The molecule has 1 aromatic rings. The highest BCUT2D eigenvalue weighted by molar-refractivity contribution is 4.95. The smallest absolute Gasteiger partial charge is 0.108 e. The fourth-order valence-electron chi connectivity index (χ4n) is 2.70. The van der Waals surface area contributed by atoms with Crippen molar-refractivity contribution in [2.75, 3.05) is 7.11 Å². The van der Waals surface area contributed by atoms with Crippen LogP contribution in [0.1, 0.15) is 37.9 Å². The Bertz CT molecular complexity index is 367. The zero-order valence-electron chi connectivity index (χ0n) is 11.4. The molecule has 18 heavy (non-hydrogen) atoms. The summed E-state index contributed by atoms with van der Waals surface area (Å²) in [6.45, 7) is 0. The molecule has 5 nitrogen and oxygen atoms in total. The van der Waals surface area contributed by atoms with Gasteiger partial charge in [-0.25, -0.2) is 4.98 Å². The van der Waals surface area contributed by atoms with Crippen molar-refractivity contribution in [3.8, 4) is 0 Å². The molecule has 1 fully saturated rings.